The first kappa shape index (κ1) is 15.8. The van der Waals surface area contributed by atoms with Gasteiger partial charge < -0.3 is 0 Å². The molecule has 0 radical (unpaired) electrons. The van der Waals surface area contributed by atoms with E-state index in [1.807, 2.05) is 31.3 Å². The summed E-state index contributed by atoms with van der Waals surface area (Å²) < 4.78 is 14.0. The number of aromatic nitrogens is 4. The molecule has 0 fully saturated rings. The second kappa shape index (κ2) is 6.64. The zero-order valence-corrected chi connectivity index (χ0v) is 14.0. The quantitative estimate of drug-likeness (QED) is 0.689. The minimum absolute atomic E-state index is 0.381. The standard InChI is InChI=1S/C19H18FN5/c1-13-4-7-22-18(20)16(13)12-25-8-5-17-15(11-25)10-23-19(24-17)14-3-2-6-21-9-14/h2-4,6-7,9-10H,5,8,11-12H2,1H3. The Labute approximate surface area is 145 Å². The van der Waals surface area contributed by atoms with Crippen LogP contribution in [0.5, 0.6) is 0 Å². The Balaban J connectivity index is 1.54. The van der Waals surface area contributed by atoms with E-state index in [0.29, 0.717) is 17.9 Å². The van der Waals surface area contributed by atoms with Crippen LogP contribution in [0.3, 0.4) is 0 Å². The first-order valence-electron chi connectivity index (χ1n) is 8.28. The Morgan fingerprint density at radius 1 is 1.16 bits per heavy atom. The highest BCUT2D eigenvalue weighted by Gasteiger charge is 2.20. The third kappa shape index (κ3) is 3.25. The molecule has 3 aromatic heterocycles. The molecule has 126 valence electrons. The van der Waals surface area contributed by atoms with Gasteiger partial charge in [-0.25, -0.2) is 15.0 Å². The van der Waals surface area contributed by atoms with Gasteiger partial charge in [-0.2, -0.15) is 4.39 Å². The lowest BCUT2D eigenvalue weighted by Crippen LogP contribution is -2.31. The lowest BCUT2D eigenvalue weighted by Gasteiger charge is -2.28. The second-order valence-electron chi connectivity index (χ2n) is 6.27. The van der Waals surface area contributed by atoms with E-state index in [2.05, 4.69) is 19.9 Å². The predicted molar refractivity (Wildman–Crippen MR) is 92.0 cm³/mol. The molecule has 0 atom stereocenters. The highest BCUT2D eigenvalue weighted by molar-refractivity contribution is 5.53. The minimum Gasteiger partial charge on any atom is -0.294 e. The molecule has 0 bridgehead atoms. The number of nitrogens with zero attached hydrogens (tertiary/aromatic N) is 5. The SMILES string of the molecule is Cc1ccnc(F)c1CN1CCc2nc(-c3cccnc3)ncc2C1. The topological polar surface area (TPSA) is 54.8 Å². The fourth-order valence-electron chi connectivity index (χ4n) is 3.11. The van der Waals surface area contributed by atoms with Crippen molar-refractivity contribution in [2.45, 2.75) is 26.4 Å². The molecular formula is C19H18FN5. The van der Waals surface area contributed by atoms with Crippen LogP contribution in [-0.4, -0.2) is 31.4 Å². The third-order valence-corrected chi connectivity index (χ3v) is 4.55. The Morgan fingerprint density at radius 3 is 2.88 bits per heavy atom. The molecule has 0 saturated heterocycles. The minimum atomic E-state index is -0.381. The Bertz CT molecular complexity index is 877. The summed E-state index contributed by atoms with van der Waals surface area (Å²) in [5.74, 6) is 0.323. The van der Waals surface area contributed by atoms with Gasteiger partial charge in [-0.05, 0) is 30.7 Å². The van der Waals surface area contributed by atoms with E-state index in [-0.39, 0.29) is 5.95 Å². The molecule has 0 amide bonds. The number of aryl methyl sites for hydroxylation is 1. The molecule has 25 heavy (non-hydrogen) atoms. The van der Waals surface area contributed by atoms with Crippen molar-refractivity contribution in [1.29, 1.82) is 0 Å². The number of fused-ring (bicyclic) bond motifs is 1. The predicted octanol–water partition coefficient (Wildman–Crippen LogP) is 2.94. The van der Waals surface area contributed by atoms with Crippen LogP contribution >= 0.6 is 0 Å². The summed E-state index contributed by atoms with van der Waals surface area (Å²) in [6.07, 6.45) is 7.72. The summed E-state index contributed by atoms with van der Waals surface area (Å²) in [4.78, 5) is 19.3. The largest absolute Gasteiger partial charge is 0.294 e. The zero-order valence-electron chi connectivity index (χ0n) is 14.0. The summed E-state index contributed by atoms with van der Waals surface area (Å²) in [6.45, 7) is 4.03. The van der Waals surface area contributed by atoms with Gasteiger partial charge in [0, 0.05) is 67.5 Å². The fraction of sp³-hybridized carbons (Fsp3) is 0.263. The normalized spacial score (nSPS) is 14.3. The second-order valence-corrected chi connectivity index (χ2v) is 6.27. The molecule has 0 spiro atoms. The summed E-state index contributed by atoms with van der Waals surface area (Å²) in [5.41, 5.74) is 4.68. The molecule has 0 aliphatic carbocycles. The van der Waals surface area contributed by atoms with E-state index in [9.17, 15) is 4.39 Å². The molecule has 5 nitrogen and oxygen atoms in total. The van der Waals surface area contributed by atoms with Gasteiger partial charge in [-0.1, -0.05) is 0 Å². The van der Waals surface area contributed by atoms with Crippen molar-refractivity contribution in [1.82, 2.24) is 24.8 Å². The van der Waals surface area contributed by atoms with E-state index in [4.69, 9.17) is 4.98 Å². The number of pyridine rings is 2. The van der Waals surface area contributed by atoms with E-state index in [1.54, 1.807) is 12.4 Å². The highest BCUT2D eigenvalue weighted by atomic mass is 19.1. The number of halogens is 1. The number of rotatable bonds is 3. The number of hydrogen-bond acceptors (Lipinski definition) is 5. The van der Waals surface area contributed by atoms with Gasteiger partial charge in [0.15, 0.2) is 5.82 Å². The van der Waals surface area contributed by atoms with Gasteiger partial charge in [-0.3, -0.25) is 9.88 Å². The van der Waals surface area contributed by atoms with Crippen molar-refractivity contribution in [2.24, 2.45) is 0 Å². The van der Waals surface area contributed by atoms with E-state index < -0.39 is 0 Å². The summed E-state index contributed by atoms with van der Waals surface area (Å²) >= 11 is 0. The molecule has 6 heteroatoms. The van der Waals surface area contributed by atoms with Crippen LogP contribution in [0, 0.1) is 12.9 Å². The van der Waals surface area contributed by atoms with Gasteiger partial charge in [0.1, 0.15) is 0 Å². The first-order valence-corrected chi connectivity index (χ1v) is 8.28. The van der Waals surface area contributed by atoms with Crippen LogP contribution in [0.15, 0.2) is 43.0 Å². The van der Waals surface area contributed by atoms with Crippen molar-refractivity contribution < 1.29 is 4.39 Å². The number of hydrogen-bond donors (Lipinski definition) is 0. The molecule has 0 unspecified atom stereocenters. The summed E-state index contributed by atoms with van der Waals surface area (Å²) in [6, 6.07) is 5.68. The van der Waals surface area contributed by atoms with Crippen LogP contribution in [0.1, 0.15) is 22.4 Å². The molecule has 1 aliphatic rings. The van der Waals surface area contributed by atoms with Crippen molar-refractivity contribution in [2.75, 3.05) is 6.54 Å². The van der Waals surface area contributed by atoms with E-state index >= 15 is 0 Å². The molecule has 4 heterocycles. The third-order valence-electron chi connectivity index (χ3n) is 4.55. The first-order chi connectivity index (χ1) is 12.2. The zero-order chi connectivity index (χ0) is 17.2. The Morgan fingerprint density at radius 2 is 2.08 bits per heavy atom. The molecule has 0 saturated carbocycles. The van der Waals surface area contributed by atoms with Crippen LogP contribution in [0.25, 0.3) is 11.4 Å². The molecule has 4 rings (SSSR count). The maximum Gasteiger partial charge on any atom is 0.217 e. The van der Waals surface area contributed by atoms with Gasteiger partial charge in [0.05, 0.1) is 5.69 Å². The smallest absolute Gasteiger partial charge is 0.217 e. The van der Waals surface area contributed by atoms with Crippen molar-refractivity contribution in [3.8, 4) is 11.4 Å². The summed E-state index contributed by atoms with van der Waals surface area (Å²) in [7, 11) is 0. The highest BCUT2D eigenvalue weighted by Crippen LogP contribution is 2.23. The molecule has 3 aromatic rings. The Hall–Kier alpha value is -2.73. The molecule has 1 aliphatic heterocycles. The lowest BCUT2D eigenvalue weighted by atomic mass is 10.0. The average molecular weight is 335 g/mol. The lowest BCUT2D eigenvalue weighted by molar-refractivity contribution is 0.238. The maximum absolute atomic E-state index is 14.0. The van der Waals surface area contributed by atoms with Crippen molar-refractivity contribution in [3.05, 3.63) is 71.3 Å². The molecule has 0 N–H and O–H groups in total. The van der Waals surface area contributed by atoms with Crippen molar-refractivity contribution in [3.63, 3.8) is 0 Å². The van der Waals surface area contributed by atoms with Crippen LogP contribution < -0.4 is 0 Å². The fourth-order valence-corrected chi connectivity index (χ4v) is 3.11. The van der Waals surface area contributed by atoms with Crippen molar-refractivity contribution >= 4 is 0 Å². The maximum atomic E-state index is 14.0. The van der Waals surface area contributed by atoms with Gasteiger partial charge in [0.2, 0.25) is 5.95 Å². The van der Waals surface area contributed by atoms with E-state index in [0.717, 1.165) is 41.9 Å². The molecule has 0 aromatic carbocycles. The monoisotopic (exact) mass is 335 g/mol. The van der Waals surface area contributed by atoms with Gasteiger partial charge in [0.25, 0.3) is 0 Å². The van der Waals surface area contributed by atoms with Crippen LogP contribution in [0.4, 0.5) is 4.39 Å². The summed E-state index contributed by atoms with van der Waals surface area (Å²) in [5, 5.41) is 0. The van der Waals surface area contributed by atoms with E-state index in [1.165, 1.54) is 6.20 Å². The van der Waals surface area contributed by atoms with Gasteiger partial charge in [-0.15, -0.1) is 0 Å². The van der Waals surface area contributed by atoms with Gasteiger partial charge >= 0.3 is 0 Å². The average Bonchev–Trinajstić information content (AvgIpc) is 2.65. The van der Waals surface area contributed by atoms with Crippen LogP contribution in [0.2, 0.25) is 0 Å². The van der Waals surface area contributed by atoms with Crippen LogP contribution in [-0.2, 0) is 19.5 Å². The molecular weight excluding hydrogens is 317 g/mol. The Kier molecular flexibility index (Phi) is 4.19.